The second kappa shape index (κ2) is 9.70. The van der Waals surface area contributed by atoms with E-state index >= 15 is 0 Å². The lowest BCUT2D eigenvalue weighted by molar-refractivity contribution is 0.101. The van der Waals surface area contributed by atoms with Crippen LogP contribution in [0.5, 0.6) is 5.75 Å². The molecule has 0 spiro atoms. The minimum Gasteiger partial charge on any atom is -0.490 e. The highest BCUT2D eigenvalue weighted by molar-refractivity contribution is 7.92. The van der Waals surface area contributed by atoms with Crippen molar-refractivity contribution in [1.82, 2.24) is 4.98 Å². The molecule has 0 atom stereocenters. The van der Waals surface area contributed by atoms with Gasteiger partial charge in [0, 0.05) is 23.7 Å². The Bertz CT molecular complexity index is 1110. The summed E-state index contributed by atoms with van der Waals surface area (Å²) in [4.78, 5) is 17.1. The fourth-order valence-corrected chi connectivity index (χ4v) is 3.85. The predicted molar refractivity (Wildman–Crippen MR) is 118 cm³/mol. The molecule has 0 radical (unpaired) electrons. The van der Waals surface area contributed by atoms with Crippen LogP contribution in [0, 0.1) is 0 Å². The predicted octanol–water partition coefficient (Wildman–Crippen LogP) is 3.46. The monoisotopic (exact) mass is 447 g/mol. The minimum atomic E-state index is -3.33. The number of carbonyl (C=O) groups is 1. The molecule has 0 aliphatic heterocycles. The summed E-state index contributed by atoms with van der Waals surface area (Å²) in [5.74, 6) is 0.148. The maximum Gasteiger partial charge on any atom is 0.261 e. The fraction of sp³-hybridized carbons (Fsp3) is 0.200. The first-order valence-corrected chi connectivity index (χ1v) is 11.7. The lowest BCUT2D eigenvalue weighted by Gasteiger charge is -2.10. The number of methoxy groups -OCH3 is 1. The van der Waals surface area contributed by atoms with Crippen molar-refractivity contribution in [2.75, 3.05) is 36.6 Å². The molecule has 30 heavy (non-hydrogen) atoms. The number of amides is 1. The van der Waals surface area contributed by atoms with Gasteiger partial charge in [-0.3, -0.25) is 14.8 Å². The van der Waals surface area contributed by atoms with Gasteiger partial charge in [-0.2, -0.15) is 0 Å². The number of para-hydroxylation sites is 1. The van der Waals surface area contributed by atoms with Gasteiger partial charge >= 0.3 is 0 Å². The van der Waals surface area contributed by atoms with Crippen LogP contribution in [0.15, 0.2) is 53.9 Å². The lowest BCUT2D eigenvalue weighted by atomic mass is 10.1. The number of ether oxygens (including phenoxy) is 2. The molecule has 0 fully saturated rings. The van der Waals surface area contributed by atoms with Crippen LogP contribution in [0.3, 0.4) is 0 Å². The van der Waals surface area contributed by atoms with Gasteiger partial charge in [0.25, 0.3) is 5.91 Å². The zero-order chi connectivity index (χ0) is 21.6. The summed E-state index contributed by atoms with van der Waals surface area (Å²) in [6.45, 7) is 0.761. The number of nitrogens with one attached hydrogen (secondary N) is 2. The molecule has 10 heteroatoms. The molecule has 3 rings (SSSR count). The van der Waals surface area contributed by atoms with E-state index in [-0.39, 0.29) is 5.91 Å². The van der Waals surface area contributed by atoms with E-state index in [0.29, 0.717) is 41.0 Å². The van der Waals surface area contributed by atoms with Gasteiger partial charge in [0.2, 0.25) is 10.0 Å². The number of aromatic nitrogens is 1. The van der Waals surface area contributed by atoms with Crippen molar-refractivity contribution in [3.05, 3.63) is 59.5 Å². The second-order valence-corrected chi connectivity index (χ2v) is 8.89. The van der Waals surface area contributed by atoms with Gasteiger partial charge in [-0.15, -0.1) is 11.3 Å². The number of hydrogen-bond acceptors (Lipinski definition) is 7. The summed E-state index contributed by atoms with van der Waals surface area (Å²) < 4.78 is 35.6. The second-order valence-electron chi connectivity index (χ2n) is 6.28. The van der Waals surface area contributed by atoms with Gasteiger partial charge < -0.3 is 9.47 Å². The first-order chi connectivity index (χ1) is 14.4. The lowest BCUT2D eigenvalue weighted by Crippen LogP contribution is -2.14. The Morgan fingerprint density at radius 3 is 2.53 bits per heavy atom. The zero-order valence-corrected chi connectivity index (χ0v) is 18.0. The molecule has 0 aliphatic rings. The Morgan fingerprint density at radius 1 is 1.10 bits per heavy atom. The van der Waals surface area contributed by atoms with E-state index in [4.69, 9.17) is 9.47 Å². The average molecular weight is 448 g/mol. The molecule has 1 heterocycles. The third-order valence-corrected chi connectivity index (χ3v) is 5.25. The molecule has 0 saturated heterocycles. The van der Waals surface area contributed by atoms with Crippen molar-refractivity contribution in [2.45, 2.75) is 0 Å². The first kappa shape index (κ1) is 21.8. The Labute approximate surface area is 178 Å². The van der Waals surface area contributed by atoms with Gasteiger partial charge in [-0.05, 0) is 24.3 Å². The molecule has 0 aliphatic carbocycles. The molecule has 158 valence electrons. The van der Waals surface area contributed by atoms with E-state index in [2.05, 4.69) is 15.0 Å². The van der Waals surface area contributed by atoms with Gasteiger partial charge in [-0.1, -0.05) is 24.3 Å². The molecule has 0 unspecified atom stereocenters. The van der Waals surface area contributed by atoms with Gasteiger partial charge in [0.05, 0.1) is 24.1 Å². The van der Waals surface area contributed by atoms with E-state index in [1.807, 2.05) is 5.38 Å². The Morgan fingerprint density at radius 2 is 1.83 bits per heavy atom. The molecule has 0 bridgehead atoms. The first-order valence-electron chi connectivity index (χ1n) is 8.91. The number of nitrogens with zero attached hydrogens (tertiary/aromatic N) is 1. The Balaban J connectivity index is 1.69. The van der Waals surface area contributed by atoms with Crippen molar-refractivity contribution in [1.29, 1.82) is 0 Å². The zero-order valence-electron chi connectivity index (χ0n) is 16.4. The summed E-state index contributed by atoms with van der Waals surface area (Å²) in [5.41, 5.74) is 2.34. The molecule has 2 N–H and O–H groups in total. The highest BCUT2D eigenvalue weighted by atomic mass is 32.2. The summed E-state index contributed by atoms with van der Waals surface area (Å²) in [5, 5.41) is 5.05. The molecule has 3 aromatic rings. The Hall–Kier alpha value is -2.95. The number of carbonyl (C=O) groups excluding carboxylic acids is 1. The highest BCUT2D eigenvalue weighted by Gasteiger charge is 2.14. The summed E-state index contributed by atoms with van der Waals surface area (Å²) in [7, 11) is -1.75. The van der Waals surface area contributed by atoms with Crippen LogP contribution in [-0.4, -0.2) is 45.9 Å². The smallest absolute Gasteiger partial charge is 0.261 e. The highest BCUT2D eigenvalue weighted by Crippen LogP contribution is 2.27. The molecular formula is C20H21N3O5S2. The molecule has 0 saturated carbocycles. The largest absolute Gasteiger partial charge is 0.490 e. The minimum absolute atomic E-state index is 0.323. The summed E-state index contributed by atoms with van der Waals surface area (Å²) >= 11 is 1.29. The molecule has 8 nitrogen and oxygen atoms in total. The van der Waals surface area contributed by atoms with Crippen LogP contribution >= 0.6 is 11.3 Å². The average Bonchev–Trinajstić information content (AvgIpc) is 3.16. The number of thiazole rings is 1. The van der Waals surface area contributed by atoms with Crippen LogP contribution in [0.2, 0.25) is 0 Å². The van der Waals surface area contributed by atoms with Crippen molar-refractivity contribution in [3.63, 3.8) is 0 Å². The maximum atomic E-state index is 12.7. The third kappa shape index (κ3) is 6.02. The molecule has 1 amide bonds. The van der Waals surface area contributed by atoms with Crippen molar-refractivity contribution in [2.24, 2.45) is 0 Å². The van der Waals surface area contributed by atoms with Gasteiger partial charge in [0.1, 0.15) is 12.4 Å². The van der Waals surface area contributed by atoms with Crippen molar-refractivity contribution in [3.8, 4) is 17.0 Å². The van der Waals surface area contributed by atoms with E-state index in [0.717, 1.165) is 11.8 Å². The number of anilines is 2. The molecular weight excluding hydrogens is 426 g/mol. The number of hydrogen-bond donors (Lipinski definition) is 2. The quantitative estimate of drug-likeness (QED) is 0.487. The SMILES string of the molecule is COCCOc1ccccc1C(=O)Nc1nc(-c2ccc(NS(C)(=O)=O)cc2)cs1. The van der Waals surface area contributed by atoms with E-state index in [1.54, 1.807) is 55.6 Å². The molecule has 1 aromatic heterocycles. The summed E-state index contributed by atoms with van der Waals surface area (Å²) in [6.07, 6.45) is 1.09. The maximum absolute atomic E-state index is 12.7. The van der Waals surface area contributed by atoms with E-state index < -0.39 is 10.0 Å². The molecule has 2 aromatic carbocycles. The number of sulfonamides is 1. The van der Waals surface area contributed by atoms with E-state index in [9.17, 15) is 13.2 Å². The standard InChI is InChI=1S/C20H21N3O5S2/c1-27-11-12-28-18-6-4-3-5-16(18)19(24)22-20-21-17(13-29-20)14-7-9-15(10-8-14)23-30(2,25)26/h3-10,13,23H,11-12H2,1-2H3,(H,21,22,24). The van der Waals surface area contributed by atoms with Gasteiger partial charge in [-0.25, -0.2) is 13.4 Å². The number of rotatable bonds is 9. The number of benzene rings is 2. The van der Waals surface area contributed by atoms with Crippen molar-refractivity contribution >= 4 is 38.1 Å². The third-order valence-electron chi connectivity index (χ3n) is 3.89. The van der Waals surface area contributed by atoms with Crippen molar-refractivity contribution < 1.29 is 22.7 Å². The van der Waals surface area contributed by atoms with Crippen LogP contribution in [-0.2, 0) is 14.8 Å². The Kier molecular flexibility index (Phi) is 7.03. The van der Waals surface area contributed by atoms with E-state index in [1.165, 1.54) is 11.3 Å². The summed E-state index contributed by atoms with van der Waals surface area (Å²) in [6, 6.07) is 13.8. The van der Waals surface area contributed by atoms with Crippen LogP contribution < -0.4 is 14.8 Å². The van der Waals surface area contributed by atoms with Crippen LogP contribution in [0.25, 0.3) is 11.3 Å². The van der Waals surface area contributed by atoms with Gasteiger partial charge in [0.15, 0.2) is 5.13 Å². The normalized spacial score (nSPS) is 11.1. The topological polar surface area (TPSA) is 107 Å². The van der Waals surface area contributed by atoms with Crippen LogP contribution in [0.4, 0.5) is 10.8 Å². The fourth-order valence-electron chi connectivity index (χ4n) is 2.57. The van der Waals surface area contributed by atoms with Crippen LogP contribution in [0.1, 0.15) is 10.4 Å².